The number of fused-ring (bicyclic) bond motifs is 1. The molecular formula is C26H25F3O4S. The van der Waals surface area contributed by atoms with Crippen LogP contribution in [-0.2, 0) is 22.1 Å². The van der Waals surface area contributed by atoms with Gasteiger partial charge in [0.25, 0.3) is 0 Å². The molecule has 0 radical (unpaired) electrons. The Hall–Kier alpha value is -3.00. The molecule has 180 valence electrons. The Morgan fingerprint density at radius 2 is 1.85 bits per heavy atom. The van der Waals surface area contributed by atoms with Gasteiger partial charge >= 0.3 is 17.8 Å². The summed E-state index contributed by atoms with van der Waals surface area (Å²) in [4.78, 5) is 24.8. The molecule has 0 spiro atoms. The zero-order chi connectivity index (χ0) is 24.9. The van der Waals surface area contributed by atoms with Crippen molar-refractivity contribution < 1.29 is 27.1 Å². The number of carbonyl (C=O) groups excluding carboxylic acids is 1. The van der Waals surface area contributed by atoms with Crippen LogP contribution >= 0.6 is 11.8 Å². The minimum Gasteiger partial charge on any atom is -0.451 e. The highest BCUT2D eigenvalue weighted by Crippen LogP contribution is 2.38. The number of alkyl halides is 3. The summed E-state index contributed by atoms with van der Waals surface area (Å²) in [5, 5.41) is 0.484. The molecule has 8 heteroatoms. The lowest BCUT2D eigenvalue weighted by molar-refractivity contribution is -0.137. The van der Waals surface area contributed by atoms with Gasteiger partial charge in [-0.1, -0.05) is 56.3 Å². The van der Waals surface area contributed by atoms with Crippen molar-refractivity contribution in [3.05, 3.63) is 76.2 Å². The van der Waals surface area contributed by atoms with Gasteiger partial charge in [-0.15, -0.1) is 0 Å². The minimum absolute atomic E-state index is 0.0407. The van der Waals surface area contributed by atoms with Crippen molar-refractivity contribution in [1.82, 2.24) is 0 Å². The van der Waals surface area contributed by atoms with E-state index in [4.69, 9.17) is 9.15 Å². The molecule has 1 heterocycles. The van der Waals surface area contributed by atoms with Crippen LogP contribution in [0.15, 0.2) is 68.7 Å². The molecular weight excluding hydrogens is 465 g/mol. The molecule has 0 saturated heterocycles. The van der Waals surface area contributed by atoms with Gasteiger partial charge in [0.05, 0.1) is 11.1 Å². The molecule has 0 aliphatic carbocycles. The number of benzene rings is 2. The number of carbonyl (C=O) groups is 1. The van der Waals surface area contributed by atoms with E-state index in [1.807, 2.05) is 6.92 Å². The average Bonchev–Trinajstić information content (AvgIpc) is 2.78. The number of rotatable bonds is 9. The third-order valence-electron chi connectivity index (χ3n) is 5.22. The second-order valence-electron chi connectivity index (χ2n) is 7.96. The molecule has 0 aliphatic rings. The first-order valence-electron chi connectivity index (χ1n) is 10.8. The number of hydrogen-bond acceptors (Lipinski definition) is 5. The fraction of sp³-hybridized carbons (Fsp3) is 0.308. The molecule has 0 atom stereocenters. The summed E-state index contributed by atoms with van der Waals surface area (Å²) < 4.78 is 52.0. The van der Waals surface area contributed by atoms with Crippen molar-refractivity contribution in [2.45, 2.75) is 50.6 Å². The highest BCUT2D eigenvalue weighted by atomic mass is 32.2. The Balaban J connectivity index is 1.92. The summed E-state index contributed by atoms with van der Waals surface area (Å²) in [5.74, 6) is -0.472. The Bertz CT molecular complexity index is 1260. The Labute approximate surface area is 199 Å². The van der Waals surface area contributed by atoms with Crippen molar-refractivity contribution in [3.8, 4) is 11.1 Å². The van der Waals surface area contributed by atoms with Gasteiger partial charge in [-0.2, -0.15) is 13.2 Å². The molecule has 3 rings (SSSR count). The molecule has 0 aliphatic heterocycles. The SMILES string of the molecule is C=C(C)C(=O)OCSc1ccc2cc(-c3ccc(CCCCC)cc3C(F)(F)F)c(=O)oc2c1. The third kappa shape index (κ3) is 6.32. The van der Waals surface area contributed by atoms with Crippen molar-refractivity contribution in [3.63, 3.8) is 0 Å². The molecule has 0 unspecified atom stereocenters. The number of thioether (sulfide) groups is 1. The lowest BCUT2D eigenvalue weighted by Crippen LogP contribution is -2.12. The predicted molar refractivity (Wildman–Crippen MR) is 128 cm³/mol. The molecule has 34 heavy (non-hydrogen) atoms. The van der Waals surface area contributed by atoms with Gasteiger partial charge in [-0.3, -0.25) is 0 Å². The second-order valence-corrected chi connectivity index (χ2v) is 8.95. The molecule has 0 bridgehead atoms. The highest BCUT2D eigenvalue weighted by Gasteiger charge is 2.34. The third-order valence-corrected chi connectivity index (χ3v) is 6.04. The fourth-order valence-electron chi connectivity index (χ4n) is 3.44. The van der Waals surface area contributed by atoms with Gasteiger partial charge in [0, 0.05) is 21.4 Å². The molecule has 0 amide bonds. The lowest BCUT2D eigenvalue weighted by atomic mass is 9.95. The first-order valence-corrected chi connectivity index (χ1v) is 11.8. The first-order chi connectivity index (χ1) is 16.1. The molecule has 2 aromatic carbocycles. The maximum atomic E-state index is 13.8. The maximum Gasteiger partial charge on any atom is 0.417 e. The summed E-state index contributed by atoms with van der Waals surface area (Å²) in [5.41, 5.74) is -0.946. The van der Waals surface area contributed by atoms with Gasteiger partial charge in [0.1, 0.15) is 11.5 Å². The maximum absolute atomic E-state index is 13.8. The van der Waals surface area contributed by atoms with Gasteiger partial charge in [0.2, 0.25) is 0 Å². The lowest BCUT2D eigenvalue weighted by Gasteiger charge is -2.15. The fourth-order valence-corrected chi connectivity index (χ4v) is 4.10. The Morgan fingerprint density at radius 3 is 2.53 bits per heavy atom. The smallest absolute Gasteiger partial charge is 0.417 e. The Kier molecular flexibility index (Phi) is 8.25. The van der Waals surface area contributed by atoms with Crippen LogP contribution in [0.4, 0.5) is 13.2 Å². The largest absolute Gasteiger partial charge is 0.451 e. The minimum atomic E-state index is -4.61. The van der Waals surface area contributed by atoms with Crippen LogP contribution in [-0.4, -0.2) is 11.9 Å². The number of unbranched alkanes of at least 4 members (excludes halogenated alkanes) is 2. The monoisotopic (exact) mass is 490 g/mol. The van der Waals surface area contributed by atoms with Crippen LogP contribution in [0, 0.1) is 0 Å². The van der Waals surface area contributed by atoms with Crippen LogP contribution in [0.2, 0.25) is 0 Å². The quantitative estimate of drug-likeness (QED) is 0.0782. The Morgan fingerprint density at radius 1 is 1.09 bits per heavy atom. The van der Waals surface area contributed by atoms with Crippen LogP contribution in [0.5, 0.6) is 0 Å². The van der Waals surface area contributed by atoms with Crippen molar-refractivity contribution in [1.29, 1.82) is 0 Å². The number of esters is 1. The standard InChI is InChI=1S/C26H25F3O4S/c1-4-5-6-7-17-8-11-20(22(12-17)26(27,28)29)21-13-18-9-10-19(14-23(18)33-25(21)31)34-15-32-24(30)16(2)3/h8-14H,2,4-7,15H2,1,3H3. The van der Waals surface area contributed by atoms with Gasteiger partial charge in [0.15, 0.2) is 0 Å². The van der Waals surface area contributed by atoms with Crippen molar-refractivity contribution >= 4 is 28.7 Å². The van der Waals surface area contributed by atoms with Gasteiger partial charge in [-0.25, -0.2) is 9.59 Å². The van der Waals surface area contributed by atoms with Gasteiger partial charge < -0.3 is 9.15 Å². The van der Waals surface area contributed by atoms with Gasteiger partial charge in [-0.05, 0) is 49.6 Å². The van der Waals surface area contributed by atoms with Crippen LogP contribution in [0.3, 0.4) is 0 Å². The van der Waals surface area contributed by atoms with Crippen molar-refractivity contribution in [2.75, 3.05) is 5.94 Å². The van der Waals surface area contributed by atoms with Crippen molar-refractivity contribution in [2.24, 2.45) is 0 Å². The molecule has 3 aromatic rings. The molecule has 1 aromatic heterocycles. The van der Waals surface area contributed by atoms with E-state index in [0.29, 0.717) is 22.3 Å². The number of hydrogen-bond donors (Lipinski definition) is 0. The molecule has 0 N–H and O–H groups in total. The van der Waals surface area contributed by atoms with E-state index >= 15 is 0 Å². The second kappa shape index (κ2) is 11.0. The van der Waals surface area contributed by atoms with E-state index in [1.165, 1.54) is 23.9 Å². The zero-order valence-electron chi connectivity index (χ0n) is 19.0. The number of aryl methyl sites for hydroxylation is 1. The van der Waals surface area contributed by atoms with E-state index in [0.717, 1.165) is 25.3 Å². The van der Waals surface area contributed by atoms with Crippen LogP contribution in [0.1, 0.15) is 44.2 Å². The summed E-state index contributed by atoms with van der Waals surface area (Å²) in [7, 11) is 0. The van der Waals surface area contributed by atoms with E-state index in [1.54, 1.807) is 31.2 Å². The topological polar surface area (TPSA) is 56.5 Å². The van der Waals surface area contributed by atoms with Crippen LogP contribution in [0.25, 0.3) is 22.1 Å². The molecule has 0 saturated carbocycles. The van der Waals surface area contributed by atoms with E-state index in [2.05, 4.69) is 6.58 Å². The summed E-state index contributed by atoms with van der Waals surface area (Å²) in [6.45, 7) is 7.08. The number of ether oxygens (including phenoxy) is 1. The van der Waals surface area contributed by atoms with Crippen LogP contribution < -0.4 is 5.63 Å². The molecule has 4 nitrogen and oxygen atoms in total. The normalized spacial score (nSPS) is 11.6. The predicted octanol–water partition coefficient (Wildman–Crippen LogP) is 7.38. The number of halogens is 3. The van der Waals surface area contributed by atoms with E-state index < -0.39 is 23.3 Å². The average molecular weight is 491 g/mol. The summed E-state index contributed by atoms with van der Waals surface area (Å²) in [6, 6.07) is 10.5. The first kappa shape index (κ1) is 25.6. The van der Waals surface area contributed by atoms with E-state index in [-0.39, 0.29) is 28.2 Å². The summed E-state index contributed by atoms with van der Waals surface area (Å²) >= 11 is 1.21. The highest BCUT2D eigenvalue weighted by molar-refractivity contribution is 7.99. The zero-order valence-corrected chi connectivity index (χ0v) is 19.8. The molecule has 0 fully saturated rings. The van der Waals surface area contributed by atoms with E-state index in [9.17, 15) is 22.8 Å². The summed E-state index contributed by atoms with van der Waals surface area (Å²) in [6.07, 6.45) is -1.35.